The van der Waals surface area contributed by atoms with E-state index in [1.54, 1.807) is 23.0 Å². The van der Waals surface area contributed by atoms with Crippen LogP contribution in [0.25, 0.3) is 5.78 Å². The number of nitrogens with zero attached hydrogens (tertiary/aromatic N) is 4. The van der Waals surface area contributed by atoms with Gasteiger partial charge < -0.3 is 0 Å². The van der Waals surface area contributed by atoms with Crippen molar-refractivity contribution in [3.63, 3.8) is 0 Å². The highest BCUT2D eigenvalue weighted by atomic mass is 35.5. The van der Waals surface area contributed by atoms with E-state index >= 15 is 0 Å². The number of hydrogen-bond donors (Lipinski definition) is 0. The number of fused-ring (bicyclic) bond motifs is 1. The van der Waals surface area contributed by atoms with E-state index in [9.17, 15) is 0 Å². The first-order chi connectivity index (χ1) is 5.77. The van der Waals surface area contributed by atoms with Gasteiger partial charge in [-0.1, -0.05) is 0 Å². The molecule has 0 bridgehead atoms. The SMILES string of the molecule is CC(Cl)c1nc2ncccn2n1. The van der Waals surface area contributed by atoms with E-state index in [0.717, 1.165) is 0 Å². The van der Waals surface area contributed by atoms with Crippen LogP contribution in [0.1, 0.15) is 18.1 Å². The van der Waals surface area contributed by atoms with Crippen molar-refractivity contribution in [3.8, 4) is 0 Å². The van der Waals surface area contributed by atoms with Gasteiger partial charge in [-0.15, -0.1) is 16.7 Å². The van der Waals surface area contributed by atoms with Crippen LogP contribution in [0.5, 0.6) is 0 Å². The second kappa shape index (κ2) is 2.71. The topological polar surface area (TPSA) is 43.1 Å². The fourth-order valence-corrected chi connectivity index (χ4v) is 1.01. The Kier molecular flexibility index (Phi) is 1.69. The first kappa shape index (κ1) is 7.49. The molecule has 0 aromatic carbocycles. The summed E-state index contributed by atoms with van der Waals surface area (Å²) in [6, 6.07) is 1.80. The van der Waals surface area contributed by atoms with Gasteiger partial charge in [0.1, 0.15) is 0 Å². The van der Waals surface area contributed by atoms with Crippen LogP contribution in [-0.4, -0.2) is 19.6 Å². The van der Waals surface area contributed by atoms with E-state index in [-0.39, 0.29) is 5.38 Å². The minimum Gasteiger partial charge on any atom is -0.220 e. The Bertz CT molecular complexity index is 362. The molecule has 0 saturated carbocycles. The third-order valence-electron chi connectivity index (χ3n) is 1.49. The summed E-state index contributed by atoms with van der Waals surface area (Å²) in [6.45, 7) is 1.83. The summed E-state index contributed by atoms with van der Waals surface area (Å²) >= 11 is 5.81. The maximum absolute atomic E-state index is 5.81. The lowest BCUT2D eigenvalue weighted by Crippen LogP contribution is -1.89. The molecule has 2 aromatic rings. The van der Waals surface area contributed by atoms with Crippen LogP contribution in [0.2, 0.25) is 0 Å². The van der Waals surface area contributed by atoms with E-state index in [4.69, 9.17) is 11.6 Å². The van der Waals surface area contributed by atoms with Crippen LogP contribution in [0, 0.1) is 0 Å². The van der Waals surface area contributed by atoms with Crippen molar-refractivity contribution < 1.29 is 0 Å². The number of halogens is 1. The number of rotatable bonds is 1. The van der Waals surface area contributed by atoms with Crippen LogP contribution < -0.4 is 0 Å². The molecule has 0 saturated heterocycles. The molecule has 0 spiro atoms. The van der Waals surface area contributed by atoms with Crippen molar-refractivity contribution >= 4 is 17.4 Å². The lowest BCUT2D eigenvalue weighted by atomic mass is 10.5. The van der Waals surface area contributed by atoms with Gasteiger partial charge in [-0.05, 0) is 13.0 Å². The summed E-state index contributed by atoms with van der Waals surface area (Å²) in [5.74, 6) is 1.19. The highest BCUT2D eigenvalue weighted by Gasteiger charge is 2.08. The summed E-state index contributed by atoms with van der Waals surface area (Å²) < 4.78 is 1.61. The number of hydrogen-bond acceptors (Lipinski definition) is 3. The van der Waals surface area contributed by atoms with Crippen molar-refractivity contribution in [2.24, 2.45) is 0 Å². The molecule has 0 fully saturated rings. The molecular formula is C7H7ClN4. The van der Waals surface area contributed by atoms with Crippen molar-refractivity contribution in [1.29, 1.82) is 0 Å². The predicted molar refractivity (Wildman–Crippen MR) is 45.1 cm³/mol. The van der Waals surface area contributed by atoms with Gasteiger partial charge in [0.15, 0.2) is 5.82 Å². The summed E-state index contributed by atoms with van der Waals surface area (Å²) in [7, 11) is 0. The van der Waals surface area contributed by atoms with E-state index in [1.165, 1.54) is 0 Å². The monoisotopic (exact) mass is 182 g/mol. The lowest BCUT2D eigenvalue weighted by Gasteiger charge is -1.90. The van der Waals surface area contributed by atoms with Crippen molar-refractivity contribution in [3.05, 3.63) is 24.3 Å². The van der Waals surface area contributed by atoms with Gasteiger partial charge >= 0.3 is 0 Å². The normalized spacial score (nSPS) is 13.5. The van der Waals surface area contributed by atoms with Gasteiger partial charge in [-0.2, -0.15) is 4.98 Å². The zero-order valence-electron chi connectivity index (χ0n) is 6.48. The Hall–Kier alpha value is -1.16. The van der Waals surface area contributed by atoms with Gasteiger partial charge in [0.2, 0.25) is 0 Å². The summed E-state index contributed by atoms with van der Waals surface area (Å²) in [5.41, 5.74) is 0. The Morgan fingerprint density at radius 2 is 2.42 bits per heavy atom. The molecule has 12 heavy (non-hydrogen) atoms. The molecule has 1 atom stereocenters. The van der Waals surface area contributed by atoms with Crippen LogP contribution in [-0.2, 0) is 0 Å². The third kappa shape index (κ3) is 1.14. The van der Waals surface area contributed by atoms with Crippen LogP contribution in [0.15, 0.2) is 18.5 Å². The van der Waals surface area contributed by atoms with Crippen molar-refractivity contribution in [1.82, 2.24) is 19.6 Å². The molecule has 2 heterocycles. The fraction of sp³-hybridized carbons (Fsp3) is 0.286. The van der Waals surface area contributed by atoms with E-state index in [2.05, 4.69) is 15.1 Å². The average Bonchev–Trinajstić information content (AvgIpc) is 2.46. The molecule has 62 valence electrons. The Balaban J connectivity index is 2.62. The van der Waals surface area contributed by atoms with Gasteiger partial charge in [0, 0.05) is 12.4 Å². The van der Waals surface area contributed by atoms with Gasteiger partial charge in [0.05, 0.1) is 5.38 Å². The van der Waals surface area contributed by atoms with E-state index < -0.39 is 0 Å². The first-order valence-electron chi connectivity index (χ1n) is 3.59. The highest BCUT2D eigenvalue weighted by molar-refractivity contribution is 6.20. The van der Waals surface area contributed by atoms with Gasteiger partial charge in [-0.3, -0.25) is 0 Å². The van der Waals surface area contributed by atoms with Crippen molar-refractivity contribution in [2.75, 3.05) is 0 Å². The van der Waals surface area contributed by atoms with Crippen molar-refractivity contribution in [2.45, 2.75) is 12.3 Å². The molecular weight excluding hydrogens is 176 g/mol. The van der Waals surface area contributed by atoms with Crippen LogP contribution in [0.3, 0.4) is 0 Å². The largest absolute Gasteiger partial charge is 0.252 e. The molecule has 0 amide bonds. The minimum absolute atomic E-state index is 0.174. The van der Waals surface area contributed by atoms with Crippen LogP contribution >= 0.6 is 11.6 Å². The molecule has 0 radical (unpaired) electrons. The third-order valence-corrected chi connectivity index (χ3v) is 1.68. The second-order valence-corrected chi connectivity index (χ2v) is 3.10. The molecule has 0 aliphatic carbocycles. The standard InChI is InChI=1S/C7H7ClN4/c1-5(8)6-10-7-9-3-2-4-12(7)11-6/h2-5H,1H3. The Labute approximate surface area is 74.2 Å². The minimum atomic E-state index is -0.174. The number of aromatic nitrogens is 4. The maximum Gasteiger partial charge on any atom is 0.252 e. The van der Waals surface area contributed by atoms with Crippen LogP contribution in [0.4, 0.5) is 0 Å². The first-order valence-corrected chi connectivity index (χ1v) is 4.02. The van der Waals surface area contributed by atoms with Gasteiger partial charge in [0.25, 0.3) is 5.78 Å². The molecule has 0 N–H and O–H groups in total. The predicted octanol–water partition coefficient (Wildman–Crippen LogP) is 1.42. The molecule has 2 rings (SSSR count). The zero-order valence-corrected chi connectivity index (χ0v) is 7.23. The Morgan fingerprint density at radius 3 is 3.08 bits per heavy atom. The molecule has 2 aromatic heterocycles. The molecule has 1 unspecified atom stereocenters. The van der Waals surface area contributed by atoms with E-state index in [0.29, 0.717) is 11.6 Å². The zero-order chi connectivity index (χ0) is 8.55. The molecule has 0 aliphatic rings. The number of alkyl halides is 1. The molecule has 0 aliphatic heterocycles. The maximum atomic E-state index is 5.81. The van der Waals surface area contributed by atoms with Gasteiger partial charge in [-0.25, -0.2) is 9.50 Å². The fourth-order valence-electron chi connectivity index (χ4n) is 0.917. The smallest absolute Gasteiger partial charge is 0.220 e. The summed E-state index contributed by atoms with van der Waals surface area (Å²) in [5, 5.41) is 3.95. The summed E-state index contributed by atoms with van der Waals surface area (Å²) in [4.78, 5) is 8.14. The lowest BCUT2D eigenvalue weighted by molar-refractivity contribution is 0.864. The Morgan fingerprint density at radius 1 is 1.58 bits per heavy atom. The average molecular weight is 183 g/mol. The molecule has 5 heteroatoms. The quantitative estimate of drug-likeness (QED) is 0.627. The molecule has 4 nitrogen and oxygen atoms in total. The summed E-state index contributed by atoms with van der Waals surface area (Å²) in [6.07, 6.45) is 3.46. The second-order valence-electron chi connectivity index (χ2n) is 2.45. The van der Waals surface area contributed by atoms with E-state index in [1.807, 2.05) is 6.92 Å². The highest BCUT2D eigenvalue weighted by Crippen LogP contribution is 2.14.